The summed E-state index contributed by atoms with van der Waals surface area (Å²) in [6.07, 6.45) is 5.88. The molecule has 1 amide bonds. The molecule has 0 aliphatic carbocycles. The third kappa shape index (κ3) is 1.78. The number of carbonyl (C=O) groups excluding carboxylic acids is 1. The Labute approximate surface area is 98.7 Å². The van der Waals surface area contributed by atoms with Crippen LogP contribution in [0.4, 0.5) is 0 Å². The third-order valence-corrected chi connectivity index (χ3v) is 2.93. The van der Waals surface area contributed by atoms with E-state index in [9.17, 15) is 4.79 Å². The minimum atomic E-state index is 0.00458. The summed E-state index contributed by atoms with van der Waals surface area (Å²) in [5.41, 5.74) is 3.77. The van der Waals surface area contributed by atoms with Gasteiger partial charge in [-0.05, 0) is 23.6 Å². The highest BCUT2D eigenvalue weighted by molar-refractivity contribution is 5.97. The lowest BCUT2D eigenvalue weighted by molar-refractivity contribution is 0.0946. The Morgan fingerprint density at radius 3 is 2.76 bits per heavy atom. The summed E-state index contributed by atoms with van der Waals surface area (Å²) in [5, 5.41) is 2.85. The van der Waals surface area contributed by atoms with Crippen molar-refractivity contribution in [3.63, 3.8) is 0 Å². The molecular weight excluding hydrogens is 214 g/mol. The molecule has 0 bridgehead atoms. The molecule has 1 aliphatic rings. The van der Waals surface area contributed by atoms with Crippen molar-refractivity contribution < 1.29 is 4.79 Å². The molecule has 0 fully saturated rings. The number of nitrogens with zero attached hydrogens (tertiary/aromatic N) is 2. The molecule has 0 saturated heterocycles. The van der Waals surface area contributed by atoms with Crippen molar-refractivity contribution in [2.24, 2.45) is 0 Å². The van der Waals surface area contributed by atoms with Crippen LogP contribution in [0.3, 0.4) is 0 Å². The average Bonchev–Trinajstić information content (AvgIpc) is 2.40. The first-order valence-electron chi connectivity index (χ1n) is 5.51. The second-order valence-corrected chi connectivity index (χ2v) is 4.00. The molecule has 1 aliphatic heterocycles. The number of nitrogens with one attached hydrogen (secondary N) is 1. The largest absolute Gasteiger partial charge is 0.352 e. The summed E-state index contributed by atoms with van der Waals surface area (Å²) in [4.78, 5) is 19.7. The molecule has 2 aromatic rings. The van der Waals surface area contributed by atoms with Crippen LogP contribution in [0.25, 0.3) is 11.1 Å². The van der Waals surface area contributed by atoms with E-state index in [1.807, 2.05) is 18.2 Å². The normalized spacial score (nSPS) is 14.0. The van der Waals surface area contributed by atoms with Gasteiger partial charge in [-0.3, -0.25) is 4.79 Å². The molecule has 0 radical (unpaired) electrons. The SMILES string of the molecule is O=C1NCCc2ccc(-c3cncnc3)cc21. The predicted octanol–water partition coefficient (Wildman–Crippen LogP) is 1.43. The molecule has 0 spiro atoms. The molecule has 84 valence electrons. The molecule has 0 atom stereocenters. The summed E-state index contributed by atoms with van der Waals surface area (Å²) in [5.74, 6) is 0.00458. The lowest BCUT2D eigenvalue weighted by atomic mass is 9.96. The Morgan fingerprint density at radius 1 is 1.12 bits per heavy atom. The van der Waals surface area contributed by atoms with Crippen molar-refractivity contribution in [3.05, 3.63) is 48.0 Å². The van der Waals surface area contributed by atoms with Gasteiger partial charge in [-0.2, -0.15) is 0 Å². The summed E-state index contributed by atoms with van der Waals surface area (Å²) < 4.78 is 0. The van der Waals surface area contributed by atoms with E-state index >= 15 is 0 Å². The quantitative estimate of drug-likeness (QED) is 0.798. The molecule has 1 aromatic heterocycles. The van der Waals surface area contributed by atoms with E-state index in [-0.39, 0.29) is 5.91 Å². The van der Waals surface area contributed by atoms with Crippen molar-refractivity contribution in [2.75, 3.05) is 6.54 Å². The molecule has 0 saturated carbocycles. The Morgan fingerprint density at radius 2 is 1.94 bits per heavy atom. The van der Waals surface area contributed by atoms with Gasteiger partial charge < -0.3 is 5.32 Å². The van der Waals surface area contributed by atoms with Gasteiger partial charge in [-0.25, -0.2) is 9.97 Å². The fourth-order valence-electron chi connectivity index (χ4n) is 2.04. The molecule has 4 heteroatoms. The lowest BCUT2D eigenvalue weighted by Gasteiger charge is -2.17. The van der Waals surface area contributed by atoms with E-state index in [0.29, 0.717) is 0 Å². The summed E-state index contributed by atoms with van der Waals surface area (Å²) in [6.45, 7) is 0.722. The number of amides is 1. The van der Waals surface area contributed by atoms with Gasteiger partial charge in [0.25, 0.3) is 5.91 Å². The number of hydrogen-bond acceptors (Lipinski definition) is 3. The zero-order valence-electron chi connectivity index (χ0n) is 9.18. The smallest absolute Gasteiger partial charge is 0.251 e. The summed E-state index contributed by atoms with van der Waals surface area (Å²) in [7, 11) is 0. The highest BCUT2D eigenvalue weighted by Crippen LogP contribution is 2.23. The Kier molecular flexibility index (Phi) is 2.33. The number of benzene rings is 1. The van der Waals surface area contributed by atoms with Crippen molar-refractivity contribution in [1.82, 2.24) is 15.3 Å². The van der Waals surface area contributed by atoms with Gasteiger partial charge in [-0.15, -0.1) is 0 Å². The molecule has 4 nitrogen and oxygen atoms in total. The van der Waals surface area contributed by atoms with Crippen molar-refractivity contribution in [3.8, 4) is 11.1 Å². The van der Waals surface area contributed by atoms with E-state index in [1.54, 1.807) is 12.4 Å². The van der Waals surface area contributed by atoms with Gasteiger partial charge in [-0.1, -0.05) is 12.1 Å². The van der Waals surface area contributed by atoms with Crippen LogP contribution in [-0.2, 0) is 6.42 Å². The van der Waals surface area contributed by atoms with Gasteiger partial charge in [0.05, 0.1) is 0 Å². The van der Waals surface area contributed by atoms with Crippen LogP contribution in [0.2, 0.25) is 0 Å². The van der Waals surface area contributed by atoms with Crippen molar-refractivity contribution >= 4 is 5.91 Å². The monoisotopic (exact) mass is 225 g/mol. The molecule has 1 aromatic carbocycles. The number of fused-ring (bicyclic) bond motifs is 1. The van der Waals surface area contributed by atoms with Gasteiger partial charge >= 0.3 is 0 Å². The van der Waals surface area contributed by atoms with Crippen LogP contribution in [-0.4, -0.2) is 22.4 Å². The Hall–Kier alpha value is -2.23. The molecule has 2 heterocycles. The van der Waals surface area contributed by atoms with Crippen LogP contribution in [0.1, 0.15) is 15.9 Å². The van der Waals surface area contributed by atoms with Crippen molar-refractivity contribution in [2.45, 2.75) is 6.42 Å². The standard InChI is InChI=1S/C13H11N3O/c17-13-12-5-10(11-6-14-8-15-7-11)2-1-9(12)3-4-16-13/h1-2,5-8H,3-4H2,(H,16,17). The maximum atomic E-state index is 11.7. The lowest BCUT2D eigenvalue weighted by Crippen LogP contribution is -2.31. The third-order valence-electron chi connectivity index (χ3n) is 2.93. The van der Waals surface area contributed by atoms with Crippen molar-refractivity contribution in [1.29, 1.82) is 0 Å². The van der Waals surface area contributed by atoms with Gasteiger partial charge in [0.15, 0.2) is 0 Å². The number of aromatic nitrogens is 2. The fourth-order valence-corrected chi connectivity index (χ4v) is 2.04. The Balaban J connectivity index is 2.09. The van der Waals surface area contributed by atoms with Crippen LogP contribution in [0.15, 0.2) is 36.9 Å². The number of hydrogen-bond donors (Lipinski definition) is 1. The van der Waals surface area contributed by atoms with E-state index in [4.69, 9.17) is 0 Å². The molecule has 1 N–H and O–H groups in total. The highest BCUT2D eigenvalue weighted by atomic mass is 16.1. The zero-order valence-corrected chi connectivity index (χ0v) is 9.18. The second kappa shape index (κ2) is 3.97. The topological polar surface area (TPSA) is 54.9 Å². The number of carbonyl (C=O) groups is 1. The van der Waals surface area contributed by atoms with E-state index in [2.05, 4.69) is 15.3 Å². The van der Waals surface area contributed by atoms with Crippen LogP contribution in [0, 0.1) is 0 Å². The second-order valence-electron chi connectivity index (χ2n) is 4.00. The maximum absolute atomic E-state index is 11.7. The fraction of sp³-hybridized carbons (Fsp3) is 0.154. The molecule has 3 rings (SSSR count). The minimum Gasteiger partial charge on any atom is -0.352 e. The van der Waals surface area contributed by atoms with Crippen LogP contribution < -0.4 is 5.32 Å². The summed E-state index contributed by atoms with van der Waals surface area (Å²) >= 11 is 0. The van der Waals surface area contributed by atoms with Gasteiger partial charge in [0, 0.05) is 30.1 Å². The van der Waals surface area contributed by atoms with Crippen LogP contribution >= 0.6 is 0 Å². The molecular formula is C13H11N3O. The highest BCUT2D eigenvalue weighted by Gasteiger charge is 2.16. The average molecular weight is 225 g/mol. The van der Waals surface area contributed by atoms with E-state index in [0.717, 1.165) is 35.2 Å². The summed E-state index contributed by atoms with van der Waals surface area (Å²) in [6, 6.07) is 5.93. The van der Waals surface area contributed by atoms with Gasteiger partial charge in [0.2, 0.25) is 0 Å². The minimum absolute atomic E-state index is 0.00458. The van der Waals surface area contributed by atoms with Crippen LogP contribution in [0.5, 0.6) is 0 Å². The first kappa shape index (κ1) is 9.96. The molecule has 0 unspecified atom stereocenters. The first-order chi connectivity index (χ1) is 8.34. The van der Waals surface area contributed by atoms with Gasteiger partial charge in [0.1, 0.15) is 6.33 Å². The zero-order chi connectivity index (χ0) is 11.7. The first-order valence-corrected chi connectivity index (χ1v) is 5.51. The van der Waals surface area contributed by atoms with E-state index < -0.39 is 0 Å². The predicted molar refractivity (Wildman–Crippen MR) is 63.5 cm³/mol. The molecule has 17 heavy (non-hydrogen) atoms. The maximum Gasteiger partial charge on any atom is 0.251 e. The Bertz CT molecular complexity index is 566. The van der Waals surface area contributed by atoms with E-state index in [1.165, 1.54) is 6.33 Å². The number of rotatable bonds is 1.